The van der Waals surface area contributed by atoms with Crippen molar-refractivity contribution in [2.75, 3.05) is 6.61 Å². The van der Waals surface area contributed by atoms with Crippen LogP contribution in [-0.4, -0.2) is 28.6 Å². The van der Waals surface area contributed by atoms with Crippen LogP contribution in [0.3, 0.4) is 0 Å². The van der Waals surface area contributed by atoms with Crippen molar-refractivity contribution < 1.29 is 9.90 Å². The normalized spacial score (nSPS) is 12.9. The molecule has 0 radical (unpaired) electrons. The lowest BCUT2D eigenvalue weighted by molar-refractivity contribution is 0.0892. The number of para-hydroxylation sites is 1. The van der Waals surface area contributed by atoms with E-state index in [1.54, 1.807) is 0 Å². The van der Waals surface area contributed by atoms with E-state index in [1.807, 2.05) is 44.2 Å². The number of aliphatic hydroxyl groups excluding tert-OH is 1. The van der Waals surface area contributed by atoms with Crippen LogP contribution in [0.25, 0.3) is 10.9 Å². The first-order valence-corrected chi connectivity index (χ1v) is 6.11. The summed E-state index contributed by atoms with van der Waals surface area (Å²) >= 11 is 0. The van der Waals surface area contributed by atoms with Gasteiger partial charge in [-0.3, -0.25) is 4.79 Å². The van der Waals surface area contributed by atoms with Crippen molar-refractivity contribution in [3.8, 4) is 0 Å². The molecule has 18 heavy (non-hydrogen) atoms. The number of aliphatic hydroxyl groups is 1. The van der Waals surface area contributed by atoms with Crippen molar-refractivity contribution in [1.82, 2.24) is 10.3 Å². The molecule has 0 saturated heterocycles. The van der Waals surface area contributed by atoms with Gasteiger partial charge in [0, 0.05) is 10.9 Å². The molecule has 2 rings (SSSR count). The van der Waals surface area contributed by atoms with Gasteiger partial charge >= 0.3 is 0 Å². The average Bonchev–Trinajstić information content (AvgIpc) is 2.79. The second-order valence-electron chi connectivity index (χ2n) is 4.78. The third kappa shape index (κ3) is 2.54. The van der Waals surface area contributed by atoms with Crippen molar-refractivity contribution >= 4 is 16.8 Å². The zero-order valence-electron chi connectivity index (χ0n) is 10.6. The van der Waals surface area contributed by atoms with Gasteiger partial charge in [-0.1, -0.05) is 32.0 Å². The van der Waals surface area contributed by atoms with E-state index in [0.717, 1.165) is 10.9 Å². The zero-order valence-corrected chi connectivity index (χ0v) is 10.6. The maximum Gasteiger partial charge on any atom is 0.268 e. The number of aromatic amines is 1. The van der Waals surface area contributed by atoms with E-state index in [-0.39, 0.29) is 24.5 Å². The number of aromatic nitrogens is 1. The highest BCUT2D eigenvalue weighted by Gasteiger charge is 2.17. The lowest BCUT2D eigenvalue weighted by Crippen LogP contribution is -2.41. The molecule has 0 bridgehead atoms. The molecule has 4 heteroatoms. The van der Waals surface area contributed by atoms with Crippen LogP contribution in [-0.2, 0) is 0 Å². The van der Waals surface area contributed by atoms with Gasteiger partial charge in [-0.05, 0) is 18.1 Å². The van der Waals surface area contributed by atoms with Crippen LogP contribution < -0.4 is 5.32 Å². The van der Waals surface area contributed by atoms with Crippen LogP contribution in [0.4, 0.5) is 0 Å². The van der Waals surface area contributed by atoms with Gasteiger partial charge in [0.2, 0.25) is 0 Å². The molecule has 1 atom stereocenters. The van der Waals surface area contributed by atoms with E-state index in [1.165, 1.54) is 0 Å². The fraction of sp³-hybridized carbons (Fsp3) is 0.357. The number of H-pyrrole nitrogens is 1. The Morgan fingerprint density at radius 1 is 1.39 bits per heavy atom. The second-order valence-corrected chi connectivity index (χ2v) is 4.78. The predicted octanol–water partition coefficient (Wildman–Crippen LogP) is 1.91. The Hall–Kier alpha value is -1.81. The van der Waals surface area contributed by atoms with E-state index in [2.05, 4.69) is 10.3 Å². The molecule has 0 spiro atoms. The van der Waals surface area contributed by atoms with Gasteiger partial charge in [-0.25, -0.2) is 0 Å². The fourth-order valence-corrected chi connectivity index (χ4v) is 1.86. The molecule has 1 aromatic heterocycles. The molecule has 0 aliphatic carbocycles. The number of carbonyl (C=O) groups is 1. The Labute approximate surface area is 106 Å². The van der Waals surface area contributed by atoms with E-state index in [4.69, 9.17) is 0 Å². The number of carbonyl (C=O) groups excluding carboxylic acids is 1. The molecule has 0 aliphatic heterocycles. The summed E-state index contributed by atoms with van der Waals surface area (Å²) in [6, 6.07) is 9.34. The first-order valence-electron chi connectivity index (χ1n) is 6.11. The summed E-state index contributed by atoms with van der Waals surface area (Å²) in [5, 5.41) is 13.0. The second kappa shape index (κ2) is 5.23. The third-order valence-corrected chi connectivity index (χ3v) is 3.09. The zero-order chi connectivity index (χ0) is 13.1. The first-order chi connectivity index (χ1) is 8.61. The van der Waals surface area contributed by atoms with Crippen LogP contribution in [0.15, 0.2) is 30.3 Å². The average molecular weight is 246 g/mol. The largest absolute Gasteiger partial charge is 0.394 e. The summed E-state index contributed by atoms with van der Waals surface area (Å²) in [5.74, 6) is 0.0160. The van der Waals surface area contributed by atoms with Gasteiger partial charge in [0.05, 0.1) is 12.6 Å². The monoisotopic (exact) mass is 246 g/mol. The molecular formula is C14H18N2O2. The van der Waals surface area contributed by atoms with Crippen molar-refractivity contribution in [1.29, 1.82) is 0 Å². The number of fused-ring (bicyclic) bond motifs is 1. The minimum Gasteiger partial charge on any atom is -0.394 e. The highest BCUT2D eigenvalue weighted by atomic mass is 16.3. The number of hydrogen-bond acceptors (Lipinski definition) is 2. The van der Waals surface area contributed by atoms with Crippen LogP contribution >= 0.6 is 0 Å². The van der Waals surface area contributed by atoms with Gasteiger partial charge in [0.15, 0.2) is 0 Å². The number of nitrogens with one attached hydrogen (secondary N) is 2. The molecular weight excluding hydrogens is 228 g/mol. The third-order valence-electron chi connectivity index (χ3n) is 3.09. The van der Waals surface area contributed by atoms with Crippen molar-refractivity contribution in [2.45, 2.75) is 19.9 Å². The Morgan fingerprint density at radius 3 is 2.72 bits per heavy atom. The maximum absolute atomic E-state index is 12.0. The lowest BCUT2D eigenvalue weighted by Gasteiger charge is -2.19. The van der Waals surface area contributed by atoms with Crippen LogP contribution in [0.2, 0.25) is 0 Å². The van der Waals surface area contributed by atoms with Gasteiger partial charge in [-0.2, -0.15) is 0 Å². The number of hydrogen-bond donors (Lipinski definition) is 3. The number of amides is 1. The van der Waals surface area contributed by atoms with Crippen LogP contribution in [0.5, 0.6) is 0 Å². The first kappa shape index (κ1) is 12.6. The standard InChI is InChI=1S/C14H18N2O2/c1-9(2)13(8-17)16-14(18)12-7-10-5-3-4-6-11(10)15-12/h3-7,9,13,15,17H,8H2,1-2H3,(H,16,18)/t13-/m1/s1. The quantitative estimate of drug-likeness (QED) is 0.771. The molecule has 1 aromatic carbocycles. The van der Waals surface area contributed by atoms with Gasteiger partial charge in [0.1, 0.15) is 5.69 Å². The molecule has 96 valence electrons. The lowest BCUT2D eigenvalue weighted by atomic mass is 10.1. The molecule has 3 N–H and O–H groups in total. The summed E-state index contributed by atoms with van der Waals surface area (Å²) < 4.78 is 0. The molecule has 1 amide bonds. The maximum atomic E-state index is 12.0. The van der Waals surface area contributed by atoms with Gasteiger partial charge in [-0.15, -0.1) is 0 Å². The topological polar surface area (TPSA) is 65.1 Å². The van der Waals surface area contributed by atoms with E-state index in [0.29, 0.717) is 5.69 Å². The highest BCUT2D eigenvalue weighted by molar-refractivity contribution is 5.98. The van der Waals surface area contributed by atoms with E-state index < -0.39 is 0 Å². The van der Waals surface area contributed by atoms with Gasteiger partial charge < -0.3 is 15.4 Å². The highest BCUT2D eigenvalue weighted by Crippen LogP contribution is 2.14. The van der Waals surface area contributed by atoms with Crippen LogP contribution in [0, 0.1) is 5.92 Å². The van der Waals surface area contributed by atoms with Crippen LogP contribution in [0.1, 0.15) is 24.3 Å². The fourth-order valence-electron chi connectivity index (χ4n) is 1.86. The summed E-state index contributed by atoms with van der Waals surface area (Å²) in [7, 11) is 0. The Kier molecular flexibility index (Phi) is 3.67. The molecule has 1 heterocycles. The van der Waals surface area contributed by atoms with Crippen molar-refractivity contribution in [3.05, 3.63) is 36.0 Å². The van der Waals surface area contributed by atoms with Crippen molar-refractivity contribution in [3.63, 3.8) is 0 Å². The minimum absolute atomic E-state index is 0.0519. The summed E-state index contributed by atoms with van der Waals surface area (Å²) in [6.45, 7) is 3.88. The molecule has 2 aromatic rings. The van der Waals surface area contributed by atoms with Gasteiger partial charge in [0.25, 0.3) is 5.91 Å². The summed E-state index contributed by atoms with van der Waals surface area (Å²) in [4.78, 5) is 15.1. The van der Waals surface area contributed by atoms with Crippen molar-refractivity contribution in [2.24, 2.45) is 5.92 Å². The van der Waals surface area contributed by atoms with E-state index in [9.17, 15) is 9.90 Å². The Morgan fingerprint density at radius 2 is 2.11 bits per heavy atom. The summed E-state index contributed by atoms with van der Waals surface area (Å²) in [5.41, 5.74) is 1.46. The Bertz CT molecular complexity index is 512. The molecule has 0 fully saturated rings. The number of benzene rings is 1. The molecule has 0 aliphatic rings. The summed E-state index contributed by atoms with van der Waals surface area (Å²) in [6.07, 6.45) is 0. The predicted molar refractivity (Wildman–Crippen MR) is 71.5 cm³/mol. The molecule has 0 unspecified atom stereocenters. The minimum atomic E-state index is -0.219. The van der Waals surface area contributed by atoms with E-state index >= 15 is 0 Å². The molecule has 4 nitrogen and oxygen atoms in total. The SMILES string of the molecule is CC(C)[C@@H](CO)NC(=O)c1cc2ccccc2[nH]1. The number of rotatable bonds is 4. The smallest absolute Gasteiger partial charge is 0.268 e. The molecule has 0 saturated carbocycles. The Balaban J connectivity index is 2.18.